The van der Waals surface area contributed by atoms with Crippen molar-refractivity contribution in [1.82, 2.24) is 10.2 Å². The lowest BCUT2D eigenvalue weighted by Crippen LogP contribution is -2.45. The van der Waals surface area contributed by atoms with Crippen LogP contribution in [0.4, 0.5) is 4.79 Å². The number of rotatable bonds is 4. The number of primary amides is 1. The molecule has 0 bridgehead atoms. The summed E-state index contributed by atoms with van der Waals surface area (Å²) >= 11 is 0. The highest BCUT2D eigenvalue weighted by Crippen LogP contribution is 1.91. The molecular weight excluding hydrogens is 172 g/mol. The van der Waals surface area contributed by atoms with Crippen molar-refractivity contribution in [2.45, 2.75) is 13.0 Å². The van der Waals surface area contributed by atoms with Crippen LogP contribution in [0.25, 0.3) is 0 Å². The fraction of sp³-hybridized carbons (Fsp3) is 0.714. The first-order valence-electron chi connectivity index (χ1n) is 3.97. The van der Waals surface area contributed by atoms with Gasteiger partial charge in [0.05, 0.1) is 6.54 Å². The van der Waals surface area contributed by atoms with E-state index in [0.717, 1.165) is 0 Å². The van der Waals surface area contributed by atoms with E-state index in [9.17, 15) is 9.59 Å². The molecule has 0 aliphatic rings. The molecule has 1 atom stereocenters. The Morgan fingerprint density at radius 3 is 2.46 bits per heavy atom. The predicted octanol–water partition coefficient (Wildman–Crippen LogP) is -1.54. The van der Waals surface area contributed by atoms with E-state index in [1.54, 1.807) is 11.9 Å². The maximum absolute atomic E-state index is 11.0. The second-order valence-electron chi connectivity index (χ2n) is 2.91. The van der Waals surface area contributed by atoms with Crippen LogP contribution in [0, 0.1) is 0 Å². The van der Waals surface area contributed by atoms with Crippen molar-refractivity contribution >= 4 is 11.9 Å². The van der Waals surface area contributed by atoms with E-state index in [-0.39, 0.29) is 12.6 Å². The zero-order valence-electron chi connectivity index (χ0n) is 7.91. The number of hydrogen-bond donors (Lipinski definition) is 3. The van der Waals surface area contributed by atoms with E-state index in [2.05, 4.69) is 0 Å². The van der Waals surface area contributed by atoms with Crippen LogP contribution in [0.2, 0.25) is 0 Å². The maximum atomic E-state index is 11.0. The molecule has 0 saturated heterocycles. The fourth-order valence-corrected chi connectivity index (χ4v) is 0.739. The molecule has 0 spiro atoms. The van der Waals surface area contributed by atoms with Gasteiger partial charge in [-0.1, -0.05) is 0 Å². The number of carbonyl (C=O) groups excluding carboxylic acids is 2. The summed E-state index contributed by atoms with van der Waals surface area (Å²) in [6.45, 7) is 2.46. The fourth-order valence-electron chi connectivity index (χ4n) is 0.739. The number of amides is 3. The van der Waals surface area contributed by atoms with Gasteiger partial charge >= 0.3 is 6.03 Å². The van der Waals surface area contributed by atoms with Crippen molar-refractivity contribution in [2.75, 3.05) is 20.1 Å². The number of urea groups is 1. The lowest BCUT2D eigenvalue weighted by Gasteiger charge is -2.21. The van der Waals surface area contributed by atoms with E-state index in [1.807, 2.05) is 12.2 Å². The molecule has 0 aliphatic heterocycles. The highest BCUT2D eigenvalue weighted by molar-refractivity contribution is 5.94. The summed E-state index contributed by atoms with van der Waals surface area (Å²) in [7, 11) is 1.75. The van der Waals surface area contributed by atoms with Gasteiger partial charge in [0.15, 0.2) is 0 Å². The highest BCUT2D eigenvalue weighted by atomic mass is 16.2. The molecule has 0 aromatic heterocycles. The summed E-state index contributed by atoms with van der Waals surface area (Å²) in [5.41, 5.74) is 10.1. The standard InChI is InChI=1S/C7H16N4O2/c1-5(3-8)11(2)4-6(12)10-7(9)13/h5H,3-4,8H2,1-2H3,(H3,9,10,12,13). The molecule has 0 heterocycles. The Morgan fingerprint density at radius 1 is 1.54 bits per heavy atom. The van der Waals surface area contributed by atoms with Gasteiger partial charge in [0.2, 0.25) is 5.91 Å². The van der Waals surface area contributed by atoms with Crippen LogP contribution in [0.3, 0.4) is 0 Å². The molecule has 76 valence electrons. The number of carbonyl (C=O) groups is 2. The molecule has 0 saturated carbocycles. The van der Waals surface area contributed by atoms with Crippen LogP contribution < -0.4 is 16.8 Å². The Labute approximate surface area is 77.2 Å². The zero-order valence-corrected chi connectivity index (χ0v) is 7.91. The second-order valence-corrected chi connectivity index (χ2v) is 2.91. The van der Waals surface area contributed by atoms with Crippen molar-refractivity contribution in [2.24, 2.45) is 11.5 Å². The predicted molar refractivity (Wildman–Crippen MR) is 48.9 cm³/mol. The van der Waals surface area contributed by atoms with Gasteiger partial charge in [0.1, 0.15) is 0 Å². The lowest BCUT2D eigenvalue weighted by molar-refractivity contribution is -0.121. The molecule has 3 amide bonds. The minimum Gasteiger partial charge on any atom is -0.351 e. The molecule has 0 aliphatic carbocycles. The summed E-state index contributed by atoms with van der Waals surface area (Å²) in [5.74, 6) is -0.421. The number of nitrogens with one attached hydrogen (secondary N) is 1. The monoisotopic (exact) mass is 188 g/mol. The third-order valence-corrected chi connectivity index (χ3v) is 1.75. The molecule has 0 aromatic rings. The summed E-state index contributed by atoms with van der Waals surface area (Å²) in [5, 5.41) is 1.97. The third-order valence-electron chi connectivity index (χ3n) is 1.75. The largest absolute Gasteiger partial charge is 0.351 e. The van der Waals surface area contributed by atoms with E-state index in [1.165, 1.54) is 0 Å². The van der Waals surface area contributed by atoms with Gasteiger partial charge in [-0.05, 0) is 14.0 Å². The second kappa shape index (κ2) is 5.50. The first kappa shape index (κ1) is 11.9. The van der Waals surface area contributed by atoms with Crippen LogP contribution in [0.5, 0.6) is 0 Å². The van der Waals surface area contributed by atoms with Gasteiger partial charge < -0.3 is 11.5 Å². The van der Waals surface area contributed by atoms with Crippen molar-refractivity contribution in [3.8, 4) is 0 Å². The smallest absolute Gasteiger partial charge is 0.318 e. The molecule has 0 aromatic carbocycles. The Balaban J connectivity index is 3.84. The minimum absolute atomic E-state index is 0.0960. The third kappa shape index (κ3) is 5.15. The first-order chi connectivity index (χ1) is 5.97. The molecule has 13 heavy (non-hydrogen) atoms. The molecule has 5 N–H and O–H groups in total. The van der Waals surface area contributed by atoms with Gasteiger partial charge in [-0.25, -0.2) is 4.79 Å². The number of hydrogen-bond acceptors (Lipinski definition) is 4. The SMILES string of the molecule is CC(CN)N(C)CC(=O)NC(N)=O. The van der Waals surface area contributed by atoms with Crippen molar-refractivity contribution in [3.05, 3.63) is 0 Å². The first-order valence-corrected chi connectivity index (χ1v) is 3.97. The number of nitrogens with two attached hydrogens (primary N) is 2. The van der Waals surface area contributed by atoms with E-state index in [4.69, 9.17) is 11.5 Å². The summed E-state index contributed by atoms with van der Waals surface area (Å²) in [6, 6.07) is -0.738. The van der Waals surface area contributed by atoms with Crippen LogP contribution in [-0.2, 0) is 4.79 Å². The number of nitrogens with zero attached hydrogens (tertiary/aromatic N) is 1. The van der Waals surface area contributed by atoms with Gasteiger partial charge in [0, 0.05) is 12.6 Å². The summed E-state index contributed by atoms with van der Waals surface area (Å²) in [4.78, 5) is 23.0. The maximum Gasteiger partial charge on any atom is 0.318 e. The van der Waals surface area contributed by atoms with E-state index < -0.39 is 11.9 Å². The molecule has 1 unspecified atom stereocenters. The molecule has 0 rings (SSSR count). The number of likely N-dealkylation sites (N-methyl/N-ethyl adjacent to an activating group) is 1. The molecule has 0 fully saturated rings. The van der Waals surface area contributed by atoms with Crippen molar-refractivity contribution in [3.63, 3.8) is 0 Å². The number of imide groups is 1. The Morgan fingerprint density at radius 2 is 2.08 bits per heavy atom. The van der Waals surface area contributed by atoms with Gasteiger partial charge in [-0.2, -0.15) is 0 Å². The normalized spacial score (nSPS) is 12.6. The Bertz CT molecular complexity index is 195. The van der Waals surface area contributed by atoms with Crippen LogP contribution >= 0.6 is 0 Å². The molecular formula is C7H16N4O2. The van der Waals surface area contributed by atoms with Gasteiger partial charge in [-0.15, -0.1) is 0 Å². The van der Waals surface area contributed by atoms with Crippen LogP contribution in [0.1, 0.15) is 6.92 Å². The molecule has 6 heteroatoms. The lowest BCUT2D eigenvalue weighted by atomic mass is 10.3. The highest BCUT2D eigenvalue weighted by Gasteiger charge is 2.12. The van der Waals surface area contributed by atoms with E-state index in [0.29, 0.717) is 6.54 Å². The van der Waals surface area contributed by atoms with Crippen molar-refractivity contribution in [1.29, 1.82) is 0 Å². The molecule has 6 nitrogen and oxygen atoms in total. The summed E-state index contributed by atoms with van der Waals surface area (Å²) in [6.07, 6.45) is 0. The Kier molecular flexibility index (Phi) is 5.01. The quantitative estimate of drug-likeness (QED) is 0.497. The van der Waals surface area contributed by atoms with Crippen LogP contribution in [0.15, 0.2) is 0 Å². The molecule has 0 radical (unpaired) electrons. The van der Waals surface area contributed by atoms with Crippen LogP contribution in [-0.4, -0.2) is 43.0 Å². The average molecular weight is 188 g/mol. The van der Waals surface area contributed by atoms with E-state index >= 15 is 0 Å². The van der Waals surface area contributed by atoms with Crippen molar-refractivity contribution < 1.29 is 9.59 Å². The minimum atomic E-state index is -0.834. The average Bonchev–Trinajstić information content (AvgIpc) is 2.01. The van der Waals surface area contributed by atoms with Gasteiger partial charge in [-0.3, -0.25) is 15.0 Å². The topological polar surface area (TPSA) is 101 Å². The summed E-state index contributed by atoms with van der Waals surface area (Å²) < 4.78 is 0. The Hall–Kier alpha value is -1.14. The van der Waals surface area contributed by atoms with Gasteiger partial charge in [0.25, 0.3) is 0 Å². The zero-order chi connectivity index (χ0) is 10.4.